The summed E-state index contributed by atoms with van der Waals surface area (Å²) in [5.74, 6) is 0. The molecule has 0 fully saturated rings. The van der Waals surface area contributed by atoms with E-state index in [1.54, 1.807) is 39.8 Å². The zero-order chi connectivity index (χ0) is 19.3. The Kier molecular flexibility index (Phi) is 6.81. The number of amides is 1. The number of ether oxygens (including phenoxy) is 1. The number of hydrogen-bond acceptors (Lipinski definition) is 5. The van der Waals surface area contributed by atoms with Crippen LogP contribution in [-0.4, -0.2) is 30.6 Å². The van der Waals surface area contributed by atoms with Crippen LogP contribution in [0.4, 0.5) is 4.79 Å². The van der Waals surface area contributed by atoms with Gasteiger partial charge in [0.25, 0.3) is 0 Å². The highest BCUT2D eigenvalue weighted by Crippen LogP contribution is 2.21. The number of carbonyl (C=O) groups is 1. The maximum Gasteiger partial charge on any atom is 0.408 e. The zero-order valence-corrected chi connectivity index (χ0v) is 15.9. The first-order valence-corrected chi connectivity index (χ1v) is 9.29. The van der Waals surface area contributed by atoms with Crippen molar-refractivity contribution in [3.05, 3.63) is 53.8 Å². The smallest absolute Gasteiger partial charge is 0.408 e. The van der Waals surface area contributed by atoms with E-state index in [9.17, 15) is 13.2 Å². The molecule has 0 aliphatic heterocycles. The van der Waals surface area contributed by atoms with Crippen molar-refractivity contribution in [3.8, 4) is 0 Å². The fraction of sp³-hybridized carbons (Fsp3) is 0.389. The van der Waals surface area contributed by atoms with Crippen molar-refractivity contribution in [3.63, 3.8) is 0 Å². The highest BCUT2D eigenvalue weighted by Gasteiger charge is 2.32. The molecule has 0 aromatic heterocycles. The number of nitrogens with one attached hydrogen (secondary N) is 1. The summed E-state index contributed by atoms with van der Waals surface area (Å²) in [4.78, 5) is 12.2. The van der Waals surface area contributed by atoms with Crippen molar-refractivity contribution in [2.45, 2.75) is 50.5 Å². The first kappa shape index (κ1) is 20.8. The van der Waals surface area contributed by atoms with Crippen LogP contribution in [0.3, 0.4) is 0 Å². The molecule has 1 atom stereocenters. The number of aliphatic hydroxyl groups excluding tert-OH is 1. The Bertz CT molecular complexity index is 756. The number of aryl methyl sites for hydroxylation is 1. The number of allylic oxidation sites excluding steroid dienone is 2. The predicted octanol–water partition coefficient (Wildman–Crippen LogP) is 3.64. The van der Waals surface area contributed by atoms with E-state index in [0.717, 1.165) is 11.8 Å². The minimum absolute atomic E-state index is 0.0832. The predicted molar refractivity (Wildman–Crippen MR) is 97.0 cm³/mol. The van der Waals surface area contributed by atoms with Crippen LogP contribution in [0.1, 0.15) is 33.3 Å². The molecule has 0 saturated heterocycles. The molecule has 0 saturated carbocycles. The largest absolute Gasteiger partial charge is 0.516 e. The summed E-state index contributed by atoms with van der Waals surface area (Å²) in [6.07, 6.45) is 2.64. The van der Waals surface area contributed by atoms with Crippen LogP contribution in [0.15, 0.2) is 53.1 Å². The maximum absolute atomic E-state index is 13.0. The molecule has 1 aromatic carbocycles. The van der Waals surface area contributed by atoms with Crippen LogP contribution in [0.5, 0.6) is 0 Å². The van der Waals surface area contributed by atoms with Crippen molar-refractivity contribution < 1.29 is 23.1 Å². The number of sulfone groups is 1. The first-order valence-electron chi connectivity index (χ1n) is 7.75. The summed E-state index contributed by atoms with van der Waals surface area (Å²) in [6, 6.07) is 6.35. The molecule has 2 N–H and O–H groups in total. The van der Waals surface area contributed by atoms with Gasteiger partial charge in [-0.1, -0.05) is 23.8 Å². The van der Waals surface area contributed by atoms with Gasteiger partial charge in [0.1, 0.15) is 5.60 Å². The van der Waals surface area contributed by atoms with E-state index in [4.69, 9.17) is 9.84 Å². The van der Waals surface area contributed by atoms with Crippen LogP contribution in [0.25, 0.3) is 0 Å². The van der Waals surface area contributed by atoms with Gasteiger partial charge in [-0.3, -0.25) is 0 Å². The average Bonchev–Trinajstić information content (AvgIpc) is 2.48. The third-order valence-electron chi connectivity index (χ3n) is 3.17. The van der Waals surface area contributed by atoms with Crippen LogP contribution in [0.2, 0.25) is 0 Å². The Morgan fingerprint density at radius 1 is 1.24 bits per heavy atom. The molecule has 1 unspecified atom stereocenters. The lowest BCUT2D eigenvalue weighted by Gasteiger charge is -2.24. The second kappa shape index (κ2) is 8.20. The lowest BCUT2D eigenvalue weighted by atomic mass is 10.2. The minimum atomic E-state index is -3.89. The van der Waals surface area contributed by atoms with Gasteiger partial charge in [0, 0.05) is 0 Å². The van der Waals surface area contributed by atoms with Gasteiger partial charge in [-0.2, -0.15) is 0 Å². The molecular formula is C18H25NO5S. The molecular weight excluding hydrogens is 342 g/mol. The quantitative estimate of drug-likeness (QED) is 0.612. The molecule has 0 heterocycles. The Morgan fingerprint density at radius 2 is 1.80 bits per heavy atom. The molecule has 0 aliphatic carbocycles. The standard InChI is InChI=1S/C18H25NO5S/c1-13-8-10-15(11-9-13)25(22,23)16(14(2)7-6-12-20)19-17(21)24-18(3,4)5/h6-12,16,20H,1-5H3,(H,19,21)/b12-6-,14-7+. The van der Waals surface area contributed by atoms with Crippen LogP contribution in [-0.2, 0) is 14.6 Å². The molecule has 1 amide bonds. The van der Waals surface area contributed by atoms with E-state index in [0.29, 0.717) is 5.57 Å². The van der Waals surface area contributed by atoms with Crippen LogP contribution < -0.4 is 5.32 Å². The normalized spacial score (nSPS) is 14.4. The average molecular weight is 367 g/mol. The SMILES string of the molecule is C/C(=C\C=C/O)C(NC(=O)OC(C)(C)C)S(=O)(=O)c1ccc(C)cc1. The fourth-order valence-electron chi connectivity index (χ4n) is 2.00. The van der Waals surface area contributed by atoms with E-state index < -0.39 is 26.9 Å². The fourth-order valence-corrected chi connectivity index (χ4v) is 3.60. The lowest BCUT2D eigenvalue weighted by Crippen LogP contribution is -2.44. The van der Waals surface area contributed by atoms with Crippen molar-refractivity contribution in [2.75, 3.05) is 0 Å². The monoisotopic (exact) mass is 367 g/mol. The van der Waals surface area contributed by atoms with Crippen molar-refractivity contribution in [1.82, 2.24) is 5.32 Å². The maximum atomic E-state index is 13.0. The van der Waals surface area contributed by atoms with Gasteiger partial charge in [0.05, 0.1) is 11.2 Å². The van der Waals surface area contributed by atoms with Gasteiger partial charge >= 0.3 is 6.09 Å². The summed E-state index contributed by atoms with van der Waals surface area (Å²) in [5, 5.41) is 9.88. The van der Waals surface area contributed by atoms with Crippen LogP contribution in [0, 0.1) is 6.92 Å². The van der Waals surface area contributed by atoms with Crippen molar-refractivity contribution in [2.24, 2.45) is 0 Å². The third-order valence-corrected chi connectivity index (χ3v) is 5.21. The number of alkyl carbamates (subject to hydrolysis) is 1. The van der Waals surface area contributed by atoms with Crippen molar-refractivity contribution >= 4 is 15.9 Å². The van der Waals surface area contributed by atoms with Gasteiger partial charge in [-0.05, 0) is 58.4 Å². The summed E-state index contributed by atoms with van der Waals surface area (Å²) >= 11 is 0. The van der Waals surface area contributed by atoms with E-state index in [2.05, 4.69) is 5.32 Å². The topological polar surface area (TPSA) is 92.7 Å². The highest BCUT2D eigenvalue weighted by atomic mass is 32.2. The Morgan fingerprint density at radius 3 is 2.28 bits per heavy atom. The minimum Gasteiger partial charge on any atom is -0.516 e. The molecule has 0 radical (unpaired) electrons. The number of benzene rings is 1. The number of hydrogen-bond donors (Lipinski definition) is 2. The van der Waals surface area contributed by atoms with Crippen molar-refractivity contribution in [1.29, 1.82) is 0 Å². The Hall–Kier alpha value is -2.28. The summed E-state index contributed by atoms with van der Waals surface area (Å²) < 4.78 is 31.1. The van der Waals surface area contributed by atoms with Gasteiger partial charge < -0.3 is 15.2 Å². The second-order valence-electron chi connectivity index (χ2n) is 6.64. The molecule has 0 spiro atoms. The molecule has 0 aliphatic rings. The van der Waals surface area contributed by atoms with E-state index in [-0.39, 0.29) is 4.90 Å². The molecule has 1 rings (SSSR count). The molecule has 0 bridgehead atoms. The first-order chi connectivity index (χ1) is 11.5. The van der Waals surface area contributed by atoms with Gasteiger partial charge in [0.2, 0.25) is 9.84 Å². The second-order valence-corrected chi connectivity index (χ2v) is 8.67. The molecule has 25 heavy (non-hydrogen) atoms. The molecule has 138 valence electrons. The number of rotatable bonds is 5. The Balaban J connectivity index is 3.26. The third kappa shape index (κ3) is 6.26. The molecule has 6 nitrogen and oxygen atoms in total. The van der Waals surface area contributed by atoms with E-state index in [1.165, 1.54) is 24.3 Å². The van der Waals surface area contributed by atoms with Crippen LogP contribution >= 0.6 is 0 Å². The Labute approximate surface area is 149 Å². The summed E-state index contributed by atoms with van der Waals surface area (Å²) in [5.41, 5.74) is 0.494. The molecule has 7 heteroatoms. The lowest BCUT2D eigenvalue weighted by molar-refractivity contribution is 0.0525. The van der Waals surface area contributed by atoms with Gasteiger partial charge in [-0.15, -0.1) is 0 Å². The number of carbonyl (C=O) groups excluding carboxylic acids is 1. The van der Waals surface area contributed by atoms with Gasteiger partial charge in [-0.25, -0.2) is 13.2 Å². The van der Waals surface area contributed by atoms with E-state index in [1.807, 2.05) is 6.92 Å². The number of aliphatic hydroxyl groups is 1. The zero-order valence-electron chi connectivity index (χ0n) is 15.1. The summed E-state index contributed by atoms with van der Waals surface area (Å²) in [7, 11) is -3.89. The summed E-state index contributed by atoms with van der Waals surface area (Å²) in [6.45, 7) is 8.46. The highest BCUT2D eigenvalue weighted by molar-refractivity contribution is 7.92. The molecule has 1 aromatic rings. The van der Waals surface area contributed by atoms with Gasteiger partial charge in [0.15, 0.2) is 5.37 Å². The van der Waals surface area contributed by atoms with E-state index >= 15 is 0 Å².